The van der Waals surface area contributed by atoms with Gasteiger partial charge in [-0.15, -0.1) is 0 Å². The summed E-state index contributed by atoms with van der Waals surface area (Å²) in [5.41, 5.74) is 0.950. The fourth-order valence-corrected chi connectivity index (χ4v) is 2.05. The third kappa shape index (κ3) is 2.74. The predicted molar refractivity (Wildman–Crippen MR) is 71.6 cm³/mol. The Kier molecular flexibility index (Phi) is 3.44. The molecule has 19 heavy (non-hydrogen) atoms. The van der Waals surface area contributed by atoms with E-state index < -0.39 is 0 Å². The number of benzene rings is 1. The van der Waals surface area contributed by atoms with Gasteiger partial charge < -0.3 is 14.2 Å². The van der Waals surface area contributed by atoms with Crippen molar-refractivity contribution in [3.05, 3.63) is 39.7 Å². The second-order valence-corrected chi connectivity index (χ2v) is 4.96. The second-order valence-electron chi connectivity index (χ2n) is 3.77. The number of fused-ring (bicyclic) bond motifs is 1. The molecular weight excluding hydrogens is 336 g/mol. The van der Waals surface area contributed by atoms with Gasteiger partial charge in [0.15, 0.2) is 11.5 Å². The van der Waals surface area contributed by atoms with E-state index in [1.54, 1.807) is 6.20 Å². The smallest absolute Gasteiger partial charge is 0.232 e. The maximum Gasteiger partial charge on any atom is 0.232 e. The van der Waals surface area contributed by atoms with Gasteiger partial charge in [0, 0.05) is 6.20 Å². The molecule has 1 aromatic carbocycles. The van der Waals surface area contributed by atoms with Gasteiger partial charge in [-0.3, -0.25) is 0 Å². The molecule has 0 amide bonds. The van der Waals surface area contributed by atoms with E-state index >= 15 is 0 Å². The number of nitrogens with zero attached hydrogens (tertiary/aromatic N) is 2. The van der Waals surface area contributed by atoms with Crippen LogP contribution in [0.3, 0.4) is 0 Å². The molecule has 98 valence electrons. The normalized spacial score (nSPS) is 12.5. The lowest BCUT2D eigenvalue weighted by atomic mass is 10.2. The number of rotatable bonds is 3. The van der Waals surface area contributed by atoms with Crippen molar-refractivity contribution in [2.24, 2.45) is 0 Å². The van der Waals surface area contributed by atoms with Crippen LogP contribution < -0.4 is 14.2 Å². The van der Waals surface area contributed by atoms with Crippen LogP contribution in [0.4, 0.5) is 0 Å². The molecule has 2 heterocycles. The minimum atomic E-state index is 0.142. The zero-order chi connectivity index (χ0) is 13.2. The van der Waals surface area contributed by atoms with E-state index in [4.69, 9.17) is 25.8 Å². The zero-order valence-electron chi connectivity index (χ0n) is 9.60. The highest BCUT2D eigenvalue weighted by Crippen LogP contribution is 2.33. The van der Waals surface area contributed by atoms with Crippen LogP contribution in [0.25, 0.3) is 0 Å². The van der Waals surface area contributed by atoms with E-state index in [0.717, 1.165) is 17.1 Å². The molecule has 0 bridgehead atoms. The molecule has 1 aliphatic rings. The quantitative estimate of drug-likeness (QED) is 0.801. The van der Waals surface area contributed by atoms with E-state index in [9.17, 15) is 0 Å². The minimum absolute atomic E-state index is 0.142. The lowest BCUT2D eigenvalue weighted by molar-refractivity contribution is 0.174. The molecule has 0 spiro atoms. The van der Waals surface area contributed by atoms with Crippen molar-refractivity contribution in [1.29, 1.82) is 0 Å². The summed E-state index contributed by atoms with van der Waals surface area (Å²) in [5, 5.41) is 0.142. The van der Waals surface area contributed by atoms with Crippen molar-refractivity contribution in [2.75, 3.05) is 6.79 Å². The van der Waals surface area contributed by atoms with Gasteiger partial charge in [-0.1, -0.05) is 6.07 Å². The van der Waals surface area contributed by atoms with Crippen molar-refractivity contribution in [1.82, 2.24) is 9.97 Å². The van der Waals surface area contributed by atoms with Crippen LogP contribution in [0.15, 0.2) is 28.9 Å². The Bertz CT molecular complexity index is 624. The number of halogens is 2. The molecule has 0 saturated carbocycles. The molecule has 0 atom stereocenters. The van der Waals surface area contributed by atoms with Crippen molar-refractivity contribution in [2.45, 2.75) is 6.61 Å². The van der Waals surface area contributed by atoms with Crippen LogP contribution >= 0.6 is 27.5 Å². The fourth-order valence-electron chi connectivity index (χ4n) is 1.61. The van der Waals surface area contributed by atoms with Crippen molar-refractivity contribution >= 4 is 27.5 Å². The Morgan fingerprint density at radius 3 is 3.05 bits per heavy atom. The molecular formula is C12H8BrClN2O3. The Hall–Kier alpha value is -1.53. The van der Waals surface area contributed by atoms with Crippen LogP contribution in [0, 0.1) is 0 Å². The lowest BCUT2D eigenvalue weighted by Crippen LogP contribution is -1.99. The first kappa shape index (κ1) is 12.5. The topological polar surface area (TPSA) is 53.5 Å². The van der Waals surface area contributed by atoms with Gasteiger partial charge in [-0.2, -0.15) is 4.98 Å². The Labute approximate surface area is 122 Å². The summed E-state index contributed by atoms with van der Waals surface area (Å²) in [6, 6.07) is 5.63. The van der Waals surface area contributed by atoms with Crippen LogP contribution in [0.1, 0.15) is 5.56 Å². The summed E-state index contributed by atoms with van der Waals surface area (Å²) in [7, 11) is 0. The first-order chi connectivity index (χ1) is 9.22. The maximum absolute atomic E-state index is 5.72. The highest BCUT2D eigenvalue weighted by molar-refractivity contribution is 9.10. The Morgan fingerprint density at radius 2 is 2.16 bits per heavy atom. The summed E-state index contributed by atoms with van der Waals surface area (Å²) in [6.07, 6.45) is 1.55. The summed E-state index contributed by atoms with van der Waals surface area (Å²) in [5.74, 6) is 1.87. The second kappa shape index (κ2) is 5.22. The monoisotopic (exact) mass is 342 g/mol. The highest BCUT2D eigenvalue weighted by atomic mass is 79.9. The highest BCUT2D eigenvalue weighted by Gasteiger charge is 2.13. The van der Waals surface area contributed by atoms with E-state index in [1.165, 1.54) is 0 Å². The van der Waals surface area contributed by atoms with Crippen LogP contribution in [0.5, 0.6) is 17.4 Å². The van der Waals surface area contributed by atoms with Gasteiger partial charge >= 0.3 is 0 Å². The molecule has 2 aromatic rings. The van der Waals surface area contributed by atoms with Crippen LogP contribution in [0.2, 0.25) is 5.28 Å². The molecule has 0 N–H and O–H groups in total. The SMILES string of the molecule is Clc1ncc(Br)c(OCc2ccc3c(c2)OCO3)n1. The summed E-state index contributed by atoms with van der Waals surface area (Å²) in [6.45, 7) is 0.606. The first-order valence-electron chi connectivity index (χ1n) is 5.42. The van der Waals surface area contributed by atoms with Gasteiger partial charge in [0.05, 0.1) is 4.47 Å². The third-order valence-electron chi connectivity index (χ3n) is 2.50. The van der Waals surface area contributed by atoms with Gasteiger partial charge in [0.1, 0.15) is 6.61 Å². The van der Waals surface area contributed by atoms with Gasteiger partial charge in [-0.05, 0) is 45.2 Å². The van der Waals surface area contributed by atoms with E-state index in [2.05, 4.69) is 25.9 Å². The standard InChI is InChI=1S/C12H8BrClN2O3/c13-8-4-15-12(14)16-11(8)17-5-7-1-2-9-10(3-7)19-6-18-9/h1-4H,5-6H2. The van der Waals surface area contributed by atoms with E-state index in [0.29, 0.717) is 17.0 Å². The Morgan fingerprint density at radius 1 is 1.32 bits per heavy atom. The van der Waals surface area contributed by atoms with Crippen LogP contribution in [-0.4, -0.2) is 16.8 Å². The predicted octanol–water partition coefficient (Wildman–Crippen LogP) is 3.20. The molecule has 1 aromatic heterocycles. The molecule has 0 saturated heterocycles. The van der Waals surface area contributed by atoms with E-state index in [1.807, 2.05) is 18.2 Å². The average molecular weight is 344 g/mol. The molecule has 0 radical (unpaired) electrons. The van der Waals surface area contributed by atoms with Gasteiger partial charge in [0.25, 0.3) is 0 Å². The summed E-state index contributed by atoms with van der Waals surface area (Å²) in [4.78, 5) is 7.82. The Balaban J connectivity index is 1.74. The summed E-state index contributed by atoms with van der Waals surface area (Å²) >= 11 is 9.02. The molecule has 0 unspecified atom stereocenters. The van der Waals surface area contributed by atoms with Crippen molar-refractivity contribution in [3.8, 4) is 17.4 Å². The van der Waals surface area contributed by atoms with Gasteiger partial charge in [-0.25, -0.2) is 4.98 Å². The largest absolute Gasteiger partial charge is 0.472 e. The molecule has 5 nitrogen and oxygen atoms in total. The van der Waals surface area contributed by atoms with E-state index in [-0.39, 0.29) is 12.1 Å². The maximum atomic E-state index is 5.72. The summed E-state index contributed by atoms with van der Waals surface area (Å²) < 4.78 is 16.8. The number of aromatic nitrogens is 2. The minimum Gasteiger partial charge on any atom is -0.472 e. The molecule has 0 fully saturated rings. The third-order valence-corrected chi connectivity index (χ3v) is 3.22. The van der Waals surface area contributed by atoms with Crippen molar-refractivity contribution < 1.29 is 14.2 Å². The number of hydrogen-bond acceptors (Lipinski definition) is 5. The van der Waals surface area contributed by atoms with Crippen molar-refractivity contribution in [3.63, 3.8) is 0 Å². The molecule has 0 aliphatic carbocycles. The molecule has 7 heteroatoms. The molecule has 1 aliphatic heterocycles. The van der Waals surface area contributed by atoms with Crippen LogP contribution in [-0.2, 0) is 6.61 Å². The van der Waals surface area contributed by atoms with Gasteiger partial charge in [0.2, 0.25) is 18.0 Å². The number of hydrogen-bond donors (Lipinski definition) is 0. The lowest BCUT2D eigenvalue weighted by Gasteiger charge is -2.07. The zero-order valence-corrected chi connectivity index (χ0v) is 11.9. The average Bonchev–Trinajstić information content (AvgIpc) is 2.87. The number of ether oxygens (including phenoxy) is 3. The molecule has 3 rings (SSSR count). The fraction of sp³-hybridized carbons (Fsp3) is 0.167. The first-order valence-corrected chi connectivity index (χ1v) is 6.59.